The fourth-order valence-electron chi connectivity index (χ4n) is 2.52. The van der Waals surface area contributed by atoms with Crippen LogP contribution in [-0.4, -0.2) is 22.9 Å². The second-order valence-corrected chi connectivity index (χ2v) is 6.98. The molecule has 0 aliphatic heterocycles. The number of thioether (sulfide) groups is 1. The maximum Gasteiger partial charge on any atom is 0.306 e. The number of hydrogen-bond acceptors (Lipinski definition) is 4. The van der Waals surface area contributed by atoms with Crippen LogP contribution in [-0.2, 0) is 20.7 Å². The van der Waals surface area contributed by atoms with Gasteiger partial charge in [0, 0.05) is 12.2 Å². The number of carbonyl (C=O) groups is 2. The van der Waals surface area contributed by atoms with E-state index in [0.29, 0.717) is 13.0 Å². The standard InChI is InChI=1S/C20H22O3S/c1-3-23-20(22)14-19(24-15(2)21)13-16-9-11-18(12-10-16)17-7-5-4-6-8-17/h4-12,19H,3,13-14H2,1-2H3. The topological polar surface area (TPSA) is 43.4 Å². The highest BCUT2D eigenvalue weighted by Crippen LogP contribution is 2.24. The largest absolute Gasteiger partial charge is 0.466 e. The second kappa shape index (κ2) is 9.28. The highest BCUT2D eigenvalue weighted by molar-refractivity contribution is 8.14. The Hall–Kier alpha value is -2.07. The minimum absolute atomic E-state index is 0.0187. The molecule has 0 N–H and O–H groups in total. The zero-order chi connectivity index (χ0) is 17.4. The van der Waals surface area contributed by atoms with Crippen molar-refractivity contribution in [2.24, 2.45) is 0 Å². The van der Waals surface area contributed by atoms with E-state index in [4.69, 9.17) is 4.74 Å². The summed E-state index contributed by atoms with van der Waals surface area (Å²) >= 11 is 1.21. The van der Waals surface area contributed by atoms with Crippen LogP contribution in [0.2, 0.25) is 0 Å². The van der Waals surface area contributed by atoms with E-state index >= 15 is 0 Å². The van der Waals surface area contributed by atoms with Crippen molar-refractivity contribution in [1.82, 2.24) is 0 Å². The highest BCUT2D eigenvalue weighted by atomic mass is 32.2. The van der Waals surface area contributed by atoms with Gasteiger partial charge < -0.3 is 4.74 Å². The van der Waals surface area contributed by atoms with Gasteiger partial charge in [0.2, 0.25) is 0 Å². The third-order valence-electron chi connectivity index (χ3n) is 3.56. The molecular weight excluding hydrogens is 320 g/mol. The van der Waals surface area contributed by atoms with Crippen LogP contribution in [0.1, 0.15) is 25.8 Å². The molecule has 0 saturated heterocycles. The van der Waals surface area contributed by atoms with E-state index in [-0.39, 0.29) is 22.8 Å². The molecule has 0 fully saturated rings. The molecule has 0 spiro atoms. The maximum atomic E-state index is 11.7. The molecule has 0 amide bonds. The van der Waals surface area contributed by atoms with Crippen molar-refractivity contribution in [3.8, 4) is 11.1 Å². The van der Waals surface area contributed by atoms with E-state index < -0.39 is 0 Å². The van der Waals surface area contributed by atoms with Crippen LogP contribution in [0, 0.1) is 0 Å². The van der Waals surface area contributed by atoms with E-state index in [1.165, 1.54) is 24.2 Å². The van der Waals surface area contributed by atoms with Crippen LogP contribution in [0.3, 0.4) is 0 Å². The van der Waals surface area contributed by atoms with Crippen LogP contribution in [0.4, 0.5) is 0 Å². The molecule has 2 rings (SSSR count). The first-order valence-corrected chi connectivity index (χ1v) is 8.93. The van der Waals surface area contributed by atoms with Crippen LogP contribution >= 0.6 is 11.8 Å². The van der Waals surface area contributed by atoms with E-state index in [1.54, 1.807) is 6.92 Å². The Balaban J connectivity index is 2.05. The summed E-state index contributed by atoms with van der Waals surface area (Å²) in [7, 11) is 0. The second-order valence-electron chi connectivity index (χ2n) is 5.51. The minimum atomic E-state index is -0.253. The summed E-state index contributed by atoms with van der Waals surface area (Å²) in [6, 6.07) is 18.4. The van der Waals surface area contributed by atoms with Crippen molar-refractivity contribution >= 4 is 22.8 Å². The van der Waals surface area contributed by atoms with E-state index in [1.807, 2.05) is 18.2 Å². The predicted molar refractivity (Wildman–Crippen MR) is 98.9 cm³/mol. The molecule has 0 radical (unpaired) electrons. The SMILES string of the molecule is CCOC(=O)CC(Cc1ccc(-c2ccccc2)cc1)SC(C)=O. The van der Waals surface area contributed by atoms with Crippen LogP contribution in [0.15, 0.2) is 54.6 Å². The van der Waals surface area contributed by atoms with Crippen molar-refractivity contribution in [1.29, 1.82) is 0 Å². The number of ether oxygens (including phenoxy) is 1. The number of benzene rings is 2. The van der Waals surface area contributed by atoms with E-state index in [9.17, 15) is 9.59 Å². The first kappa shape index (κ1) is 18.3. The number of hydrogen-bond donors (Lipinski definition) is 0. The Morgan fingerprint density at radius 3 is 2.21 bits per heavy atom. The van der Waals surface area contributed by atoms with Gasteiger partial charge in [0.15, 0.2) is 5.12 Å². The van der Waals surface area contributed by atoms with Gasteiger partial charge in [-0.1, -0.05) is 66.4 Å². The van der Waals surface area contributed by atoms with Gasteiger partial charge in [0.25, 0.3) is 0 Å². The fraction of sp³-hybridized carbons (Fsp3) is 0.300. The highest BCUT2D eigenvalue weighted by Gasteiger charge is 2.18. The first-order chi connectivity index (χ1) is 11.6. The molecule has 1 atom stereocenters. The Morgan fingerprint density at radius 2 is 1.62 bits per heavy atom. The summed E-state index contributed by atoms with van der Waals surface area (Å²) in [5, 5.41) is -0.0747. The molecule has 1 unspecified atom stereocenters. The molecule has 4 heteroatoms. The van der Waals surface area contributed by atoms with Crippen molar-refractivity contribution < 1.29 is 14.3 Å². The molecule has 126 valence electrons. The smallest absolute Gasteiger partial charge is 0.306 e. The molecule has 0 aliphatic rings. The van der Waals surface area contributed by atoms with Crippen molar-refractivity contribution in [2.45, 2.75) is 31.9 Å². The Kier molecular flexibility index (Phi) is 7.07. The van der Waals surface area contributed by atoms with E-state index in [0.717, 1.165) is 11.1 Å². The summed E-state index contributed by atoms with van der Waals surface area (Å²) in [6.07, 6.45) is 0.913. The molecule has 0 aliphatic carbocycles. The number of carbonyl (C=O) groups excluding carboxylic acids is 2. The lowest BCUT2D eigenvalue weighted by Crippen LogP contribution is -2.17. The summed E-state index contributed by atoms with van der Waals surface area (Å²) in [5.41, 5.74) is 3.43. The molecule has 2 aromatic rings. The van der Waals surface area contributed by atoms with Crippen LogP contribution in [0.5, 0.6) is 0 Å². The summed E-state index contributed by atoms with van der Waals surface area (Å²) < 4.78 is 5.01. The Bertz CT molecular complexity index is 665. The Labute approximate surface area is 147 Å². The van der Waals surface area contributed by atoms with Gasteiger partial charge in [-0.15, -0.1) is 0 Å². The van der Waals surface area contributed by atoms with Gasteiger partial charge in [-0.05, 0) is 30.0 Å². The number of rotatable bonds is 7. The average molecular weight is 342 g/mol. The average Bonchev–Trinajstić information content (AvgIpc) is 2.56. The number of esters is 1. The Morgan fingerprint density at radius 1 is 1.00 bits per heavy atom. The molecular formula is C20H22O3S. The van der Waals surface area contributed by atoms with Gasteiger partial charge in [0.1, 0.15) is 0 Å². The van der Waals surface area contributed by atoms with Crippen LogP contribution < -0.4 is 0 Å². The maximum absolute atomic E-state index is 11.7. The monoisotopic (exact) mass is 342 g/mol. The third kappa shape index (κ3) is 5.85. The van der Waals surface area contributed by atoms with Gasteiger partial charge in [-0.2, -0.15) is 0 Å². The molecule has 3 nitrogen and oxygen atoms in total. The van der Waals surface area contributed by atoms with Crippen LogP contribution in [0.25, 0.3) is 11.1 Å². The van der Waals surface area contributed by atoms with Gasteiger partial charge >= 0.3 is 5.97 Å². The first-order valence-electron chi connectivity index (χ1n) is 8.05. The lowest BCUT2D eigenvalue weighted by Gasteiger charge is -2.14. The summed E-state index contributed by atoms with van der Waals surface area (Å²) in [5.74, 6) is -0.253. The third-order valence-corrected chi connectivity index (χ3v) is 4.56. The lowest BCUT2D eigenvalue weighted by molar-refractivity contribution is -0.143. The zero-order valence-electron chi connectivity index (χ0n) is 14.0. The fourth-order valence-corrected chi connectivity index (χ4v) is 3.49. The minimum Gasteiger partial charge on any atom is -0.466 e. The van der Waals surface area contributed by atoms with Gasteiger partial charge in [0.05, 0.1) is 13.0 Å². The normalized spacial score (nSPS) is 11.8. The molecule has 24 heavy (non-hydrogen) atoms. The molecule has 2 aromatic carbocycles. The van der Waals surface area contributed by atoms with Gasteiger partial charge in [-0.25, -0.2) is 0 Å². The van der Waals surface area contributed by atoms with E-state index in [2.05, 4.69) is 36.4 Å². The molecule has 0 saturated carbocycles. The molecule has 0 aromatic heterocycles. The summed E-state index contributed by atoms with van der Waals surface area (Å²) in [6.45, 7) is 3.68. The predicted octanol–water partition coefficient (Wildman–Crippen LogP) is 4.50. The van der Waals surface area contributed by atoms with Gasteiger partial charge in [-0.3, -0.25) is 9.59 Å². The molecule has 0 heterocycles. The quantitative estimate of drug-likeness (QED) is 0.695. The molecule has 0 bridgehead atoms. The van der Waals surface area contributed by atoms with Crippen molar-refractivity contribution in [3.05, 3.63) is 60.2 Å². The van der Waals surface area contributed by atoms with Crippen molar-refractivity contribution in [2.75, 3.05) is 6.61 Å². The van der Waals surface area contributed by atoms with Crippen molar-refractivity contribution in [3.63, 3.8) is 0 Å². The zero-order valence-corrected chi connectivity index (χ0v) is 14.8. The summed E-state index contributed by atoms with van der Waals surface area (Å²) in [4.78, 5) is 23.2. The lowest BCUT2D eigenvalue weighted by atomic mass is 10.0.